The van der Waals surface area contributed by atoms with Gasteiger partial charge in [0, 0.05) is 25.5 Å². The molecule has 0 spiro atoms. The molecule has 0 aliphatic heterocycles. The van der Waals surface area contributed by atoms with Crippen molar-refractivity contribution < 1.29 is 14.3 Å². The van der Waals surface area contributed by atoms with Crippen LogP contribution in [0, 0.1) is 0 Å². The number of imidazole rings is 1. The molecule has 0 saturated carbocycles. The van der Waals surface area contributed by atoms with Crippen LogP contribution >= 0.6 is 11.8 Å². The second kappa shape index (κ2) is 7.22. The predicted octanol–water partition coefficient (Wildman–Crippen LogP) is 2.56. The molecular formula is C15H19N3O3S. The van der Waals surface area contributed by atoms with Gasteiger partial charge in [0.25, 0.3) is 0 Å². The number of ether oxygens (including phenoxy) is 2. The fourth-order valence-electron chi connectivity index (χ4n) is 1.81. The maximum absolute atomic E-state index is 12.3. The second-order valence-corrected chi connectivity index (χ2v) is 5.94. The molecule has 1 amide bonds. The quantitative estimate of drug-likeness (QED) is 0.828. The molecule has 1 aromatic heterocycles. The first kappa shape index (κ1) is 16.2. The molecule has 118 valence electrons. The maximum Gasteiger partial charge on any atom is 0.237 e. The lowest BCUT2D eigenvalue weighted by atomic mass is 10.2. The molecule has 7 heteroatoms. The molecule has 2 rings (SSSR count). The monoisotopic (exact) mass is 321 g/mol. The van der Waals surface area contributed by atoms with E-state index >= 15 is 0 Å². The Balaban J connectivity index is 2.06. The van der Waals surface area contributed by atoms with E-state index < -0.39 is 0 Å². The molecule has 22 heavy (non-hydrogen) atoms. The lowest BCUT2D eigenvalue weighted by Gasteiger charge is -2.14. The zero-order valence-electron chi connectivity index (χ0n) is 13.0. The molecule has 6 nitrogen and oxygen atoms in total. The summed E-state index contributed by atoms with van der Waals surface area (Å²) < 4.78 is 12.3. The van der Waals surface area contributed by atoms with Gasteiger partial charge in [0.1, 0.15) is 11.5 Å². The highest BCUT2D eigenvalue weighted by molar-refractivity contribution is 8.00. The summed E-state index contributed by atoms with van der Waals surface area (Å²) in [5.74, 6) is 1.11. The summed E-state index contributed by atoms with van der Waals surface area (Å²) in [4.78, 5) is 16.5. The Morgan fingerprint density at radius 2 is 2.14 bits per heavy atom. The van der Waals surface area contributed by atoms with Crippen LogP contribution in [0.4, 0.5) is 5.69 Å². The minimum Gasteiger partial charge on any atom is -0.497 e. The summed E-state index contributed by atoms with van der Waals surface area (Å²) in [6.07, 6.45) is 3.55. The predicted molar refractivity (Wildman–Crippen MR) is 86.7 cm³/mol. The Kier molecular flexibility index (Phi) is 5.32. The Labute approximate surface area is 133 Å². The van der Waals surface area contributed by atoms with Crippen molar-refractivity contribution in [3.05, 3.63) is 30.6 Å². The van der Waals surface area contributed by atoms with Gasteiger partial charge in [0.05, 0.1) is 25.2 Å². The number of thioether (sulfide) groups is 1. The summed E-state index contributed by atoms with van der Waals surface area (Å²) in [6.45, 7) is 1.84. The first-order valence-electron chi connectivity index (χ1n) is 6.72. The van der Waals surface area contributed by atoms with Crippen LogP contribution in [0.2, 0.25) is 0 Å². The molecule has 0 aliphatic carbocycles. The SMILES string of the molecule is COc1ccc(NC(=O)C(C)Sc2nccn2C)c(OC)c1. The topological polar surface area (TPSA) is 65.4 Å². The summed E-state index contributed by atoms with van der Waals surface area (Å²) >= 11 is 1.40. The molecule has 0 saturated heterocycles. The van der Waals surface area contributed by atoms with E-state index in [4.69, 9.17) is 9.47 Å². The summed E-state index contributed by atoms with van der Waals surface area (Å²) in [5.41, 5.74) is 0.612. The molecule has 0 bridgehead atoms. The third-order valence-electron chi connectivity index (χ3n) is 3.09. The van der Waals surface area contributed by atoms with Gasteiger partial charge in [0.2, 0.25) is 5.91 Å². The molecule has 1 atom stereocenters. The van der Waals surface area contributed by atoms with Gasteiger partial charge in [-0.3, -0.25) is 4.79 Å². The van der Waals surface area contributed by atoms with E-state index in [1.54, 1.807) is 38.6 Å². The number of aryl methyl sites for hydroxylation is 1. The molecule has 1 aromatic carbocycles. The highest BCUT2D eigenvalue weighted by Gasteiger charge is 2.18. The summed E-state index contributed by atoms with van der Waals surface area (Å²) in [7, 11) is 5.03. The standard InChI is InChI=1S/C15H19N3O3S/c1-10(22-15-16-7-8-18(15)2)14(19)17-12-6-5-11(20-3)9-13(12)21-4/h5-10H,1-4H3,(H,17,19). The van der Waals surface area contributed by atoms with Gasteiger partial charge in [0.15, 0.2) is 5.16 Å². The summed E-state index contributed by atoms with van der Waals surface area (Å²) in [5, 5.41) is 3.38. The Morgan fingerprint density at radius 3 is 2.73 bits per heavy atom. The Morgan fingerprint density at radius 1 is 1.36 bits per heavy atom. The number of hydrogen-bond acceptors (Lipinski definition) is 5. The van der Waals surface area contributed by atoms with Crippen LogP contribution < -0.4 is 14.8 Å². The van der Waals surface area contributed by atoms with Gasteiger partial charge in [-0.25, -0.2) is 4.98 Å². The van der Waals surface area contributed by atoms with Crippen molar-refractivity contribution in [2.24, 2.45) is 7.05 Å². The van der Waals surface area contributed by atoms with E-state index in [2.05, 4.69) is 10.3 Å². The van der Waals surface area contributed by atoms with Crippen LogP contribution in [0.1, 0.15) is 6.92 Å². The number of nitrogens with zero attached hydrogens (tertiary/aromatic N) is 2. The van der Waals surface area contributed by atoms with E-state index in [1.165, 1.54) is 11.8 Å². The van der Waals surface area contributed by atoms with Crippen molar-refractivity contribution >= 4 is 23.4 Å². The van der Waals surface area contributed by atoms with Crippen LogP contribution in [0.3, 0.4) is 0 Å². The smallest absolute Gasteiger partial charge is 0.237 e. The highest BCUT2D eigenvalue weighted by Crippen LogP contribution is 2.30. The lowest BCUT2D eigenvalue weighted by Crippen LogP contribution is -2.23. The number of aromatic nitrogens is 2. The third-order valence-corrected chi connectivity index (χ3v) is 4.27. The van der Waals surface area contributed by atoms with Crippen LogP contribution in [0.15, 0.2) is 35.7 Å². The average molecular weight is 321 g/mol. The van der Waals surface area contributed by atoms with Crippen LogP contribution in [-0.2, 0) is 11.8 Å². The largest absolute Gasteiger partial charge is 0.497 e. The molecule has 1 unspecified atom stereocenters. The molecule has 0 radical (unpaired) electrons. The van der Waals surface area contributed by atoms with Crippen LogP contribution in [0.25, 0.3) is 0 Å². The van der Waals surface area contributed by atoms with Gasteiger partial charge >= 0.3 is 0 Å². The van der Waals surface area contributed by atoms with Gasteiger partial charge in [-0.2, -0.15) is 0 Å². The van der Waals surface area contributed by atoms with Gasteiger partial charge < -0.3 is 19.4 Å². The minimum absolute atomic E-state index is 0.114. The molecular weight excluding hydrogens is 302 g/mol. The number of benzene rings is 1. The fraction of sp³-hybridized carbons (Fsp3) is 0.333. The average Bonchev–Trinajstić information content (AvgIpc) is 2.92. The number of hydrogen-bond donors (Lipinski definition) is 1. The second-order valence-electron chi connectivity index (χ2n) is 4.64. The minimum atomic E-state index is -0.284. The Hall–Kier alpha value is -2.15. The maximum atomic E-state index is 12.3. The number of methoxy groups -OCH3 is 2. The van der Waals surface area contributed by atoms with E-state index in [1.807, 2.05) is 24.7 Å². The van der Waals surface area contributed by atoms with Crippen LogP contribution in [0.5, 0.6) is 11.5 Å². The van der Waals surface area contributed by atoms with Crippen molar-refractivity contribution in [3.8, 4) is 11.5 Å². The number of rotatable bonds is 6. The van der Waals surface area contributed by atoms with E-state index in [9.17, 15) is 4.79 Å². The molecule has 2 aromatic rings. The first-order valence-corrected chi connectivity index (χ1v) is 7.60. The van der Waals surface area contributed by atoms with Gasteiger partial charge in [-0.05, 0) is 19.1 Å². The molecule has 1 N–H and O–H groups in total. The van der Waals surface area contributed by atoms with Crippen LogP contribution in [-0.4, -0.2) is 34.9 Å². The molecule has 0 aliphatic rings. The molecule has 1 heterocycles. The molecule has 0 fully saturated rings. The van der Waals surface area contributed by atoms with E-state index in [0.29, 0.717) is 17.2 Å². The van der Waals surface area contributed by atoms with Crippen molar-refractivity contribution in [1.29, 1.82) is 0 Å². The van der Waals surface area contributed by atoms with Gasteiger partial charge in [-0.15, -0.1) is 0 Å². The van der Waals surface area contributed by atoms with Crippen molar-refractivity contribution in [2.75, 3.05) is 19.5 Å². The van der Waals surface area contributed by atoms with E-state index in [-0.39, 0.29) is 11.2 Å². The summed E-state index contributed by atoms with van der Waals surface area (Å²) in [6, 6.07) is 5.26. The van der Waals surface area contributed by atoms with Gasteiger partial charge in [-0.1, -0.05) is 11.8 Å². The van der Waals surface area contributed by atoms with Crippen molar-refractivity contribution in [3.63, 3.8) is 0 Å². The number of carbonyl (C=O) groups excluding carboxylic acids is 1. The number of carbonyl (C=O) groups is 1. The number of amides is 1. The van der Waals surface area contributed by atoms with Crippen molar-refractivity contribution in [1.82, 2.24) is 9.55 Å². The highest BCUT2D eigenvalue weighted by atomic mass is 32.2. The van der Waals surface area contributed by atoms with Crippen molar-refractivity contribution in [2.45, 2.75) is 17.3 Å². The fourth-order valence-corrected chi connectivity index (χ4v) is 2.64. The third kappa shape index (κ3) is 3.73. The Bertz CT molecular complexity index is 657. The number of nitrogens with one attached hydrogen (secondary N) is 1. The zero-order valence-corrected chi connectivity index (χ0v) is 13.8. The zero-order chi connectivity index (χ0) is 16.1. The lowest BCUT2D eigenvalue weighted by molar-refractivity contribution is -0.115. The first-order chi connectivity index (χ1) is 10.5. The van der Waals surface area contributed by atoms with E-state index in [0.717, 1.165) is 5.16 Å². The normalized spacial score (nSPS) is 11.8. The number of anilines is 1.